The van der Waals surface area contributed by atoms with Crippen molar-refractivity contribution in [2.75, 3.05) is 20.6 Å². The molecule has 1 heterocycles. The largest absolute Gasteiger partial charge is 0.385 e. The molecule has 0 saturated carbocycles. The molecule has 0 bridgehead atoms. The van der Waals surface area contributed by atoms with Crippen molar-refractivity contribution in [2.45, 2.75) is 0 Å². The molecule has 0 aromatic heterocycles. The number of carbonyl (C=O) groups is 1. The second-order valence-corrected chi connectivity index (χ2v) is 2.35. The maximum atomic E-state index is 11.1. The van der Waals surface area contributed by atoms with E-state index in [1.165, 1.54) is 4.90 Å². The highest BCUT2D eigenvalue weighted by Gasteiger charge is 2.18. The Bertz CT molecular complexity index is 187. The minimum atomic E-state index is -0.0556. The van der Waals surface area contributed by atoms with Crippen LogP contribution >= 0.6 is 0 Å². The van der Waals surface area contributed by atoms with E-state index < -0.39 is 0 Å². The first kappa shape index (κ1) is 6.92. The third-order valence-electron chi connectivity index (χ3n) is 1.58. The van der Waals surface area contributed by atoms with E-state index in [1.807, 2.05) is 0 Å². The molecule has 0 fully saturated rings. The summed E-state index contributed by atoms with van der Waals surface area (Å²) in [6.07, 6.45) is 1.81. The lowest BCUT2D eigenvalue weighted by atomic mass is 10.4. The van der Waals surface area contributed by atoms with Crippen LogP contribution in [0.15, 0.2) is 11.9 Å². The average molecular weight is 141 g/mol. The standard InChI is InChI=1S/C6H11N3O/c1-8-4-3-5(7)9(2)6(8)10/h3H,4,7H2,1-2H3. The van der Waals surface area contributed by atoms with Gasteiger partial charge in [-0.1, -0.05) is 0 Å². The fourth-order valence-electron chi connectivity index (χ4n) is 0.812. The minimum Gasteiger partial charge on any atom is -0.385 e. The predicted octanol–water partition coefficient (Wildman–Crippen LogP) is -0.216. The molecule has 2 N–H and O–H groups in total. The van der Waals surface area contributed by atoms with Crippen LogP contribution in [0.1, 0.15) is 0 Å². The van der Waals surface area contributed by atoms with Crippen LogP contribution < -0.4 is 5.73 Å². The molecule has 0 saturated heterocycles. The molecule has 1 aliphatic rings. The summed E-state index contributed by atoms with van der Waals surface area (Å²) in [5, 5.41) is 0. The molecule has 4 nitrogen and oxygen atoms in total. The minimum absolute atomic E-state index is 0.0556. The second-order valence-electron chi connectivity index (χ2n) is 2.35. The summed E-state index contributed by atoms with van der Waals surface area (Å²) in [4.78, 5) is 14.1. The van der Waals surface area contributed by atoms with Crippen molar-refractivity contribution in [3.8, 4) is 0 Å². The maximum absolute atomic E-state index is 11.1. The summed E-state index contributed by atoms with van der Waals surface area (Å²) in [7, 11) is 3.39. The summed E-state index contributed by atoms with van der Waals surface area (Å²) in [5.74, 6) is 0.531. The normalized spacial score (nSPS) is 19.4. The van der Waals surface area contributed by atoms with Crippen LogP contribution in [-0.2, 0) is 0 Å². The Morgan fingerprint density at radius 1 is 1.60 bits per heavy atom. The first-order chi connectivity index (χ1) is 4.63. The summed E-state index contributed by atoms with van der Waals surface area (Å²) in [5.41, 5.74) is 5.47. The fourth-order valence-corrected chi connectivity index (χ4v) is 0.812. The van der Waals surface area contributed by atoms with E-state index in [0.29, 0.717) is 12.4 Å². The molecular weight excluding hydrogens is 130 g/mol. The number of rotatable bonds is 0. The molecule has 0 spiro atoms. The summed E-state index contributed by atoms with van der Waals surface area (Å²) >= 11 is 0. The Kier molecular flexibility index (Phi) is 1.53. The first-order valence-electron chi connectivity index (χ1n) is 3.07. The summed E-state index contributed by atoms with van der Waals surface area (Å²) < 4.78 is 0. The molecule has 0 radical (unpaired) electrons. The number of urea groups is 1. The Morgan fingerprint density at radius 3 is 2.70 bits per heavy atom. The molecule has 0 aromatic rings. The average Bonchev–Trinajstić information content (AvgIpc) is 1.93. The molecule has 56 valence electrons. The Morgan fingerprint density at radius 2 is 2.20 bits per heavy atom. The molecule has 4 heteroatoms. The third kappa shape index (κ3) is 0.920. The van der Waals surface area contributed by atoms with E-state index in [9.17, 15) is 4.79 Å². The number of nitrogens with zero attached hydrogens (tertiary/aromatic N) is 2. The highest BCUT2D eigenvalue weighted by molar-refractivity contribution is 5.76. The number of carbonyl (C=O) groups excluding carboxylic acids is 1. The number of likely N-dealkylation sites (N-methyl/N-ethyl adjacent to an activating group) is 1. The predicted molar refractivity (Wildman–Crippen MR) is 38.1 cm³/mol. The number of hydrogen-bond donors (Lipinski definition) is 1. The van der Waals surface area contributed by atoms with Crippen molar-refractivity contribution >= 4 is 6.03 Å². The first-order valence-corrected chi connectivity index (χ1v) is 3.07. The molecular formula is C6H11N3O. The molecule has 0 aromatic carbocycles. The Balaban J connectivity index is 2.81. The number of hydrogen-bond acceptors (Lipinski definition) is 2. The lowest BCUT2D eigenvalue weighted by molar-refractivity contribution is 0.182. The van der Waals surface area contributed by atoms with E-state index in [1.54, 1.807) is 25.1 Å². The van der Waals surface area contributed by atoms with E-state index in [-0.39, 0.29) is 6.03 Å². The highest BCUT2D eigenvalue weighted by atomic mass is 16.2. The van der Waals surface area contributed by atoms with Gasteiger partial charge in [0.15, 0.2) is 0 Å². The maximum Gasteiger partial charge on any atom is 0.325 e. The SMILES string of the molecule is CN1CC=C(N)N(C)C1=O. The van der Waals surface area contributed by atoms with Gasteiger partial charge in [0, 0.05) is 20.6 Å². The topological polar surface area (TPSA) is 49.6 Å². The lowest BCUT2D eigenvalue weighted by Crippen LogP contribution is -2.44. The zero-order chi connectivity index (χ0) is 7.72. The third-order valence-corrected chi connectivity index (χ3v) is 1.58. The van der Waals surface area contributed by atoms with Gasteiger partial charge in [-0.2, -0.15) is 0 Å². The summed E-state index contributed by atoms with van der Waals surface area (Å²) in [6.45, 7) is 0.606. The van der Waals surface area contributed by atoms with Gasteiger partial charge in [-0.05, 0) is 6.08 Å². The lowest BCUT2D eigenvalue weighted by Gasteiger charge is -2.28. The molecule has 0 unspecified atom stereocenters. The van der Waals surface area contributed by atoms with Crippen molar-refractivity contribution in [2.24, 2.45) is 5.73 Å². The van der Waals surface area contributed by atoms with Crippen molar-refractivity contribution < 1.29 is 4.79 Å². The van der Waals surface area contributed by atoms with Gasteiger partial charge in [0.2, 0.25) is 0 Å². The van der Waals surface area contributed by atoms with Crippen LogP contribution in [0.4, 0.5) is 4.79 Å². The molecule has 1 aliphatic heterocycles. The van der Waals surface area contributed by atoms with Gasteiger partial charge < -0.3 is 10.6 Å². The molecule has 0 atom stereocenters. The Hall–Kier alpha value is -1.19. The van der Waals surface area contributed by atoms with Crippen LogP contribution in [0, 0.1) is 0 Å². The molecule has 1 rings (SSSR count). The van der Waals surface area contributed by atoms with Crippen molar-refractivity contribution in [3.05, 3.63) is 11.9 Å². The van der Waals surface area contributed by atoms with Gasteiger partial charge >= 0.3 is 6.03 Å². The second kappa shape index (κ2) is 2.21. The van der Waals surface area contributed by atoms with Crippen molar-refractivity contribution in [1.82, 2.24) is 9.80 Å². The van der Waals surface area contributed by atoms with E-state index in [4.69, 9.17) is 5.73 Å². The quantitative estimate of drug-likeness (QED) is 0.507. The van der Waals surface area contributed by atoms with Crippen LogP contribution in [0.2, 0.25) is 0 Å². The van der Waals surface area contributed by atoms with E-state index in [0.717, 1.165) is 0 Å². The van der Waals surface area contributed by atoms with Gasteiger partial charge in [0.1, 0.15) is 5.82 Å². The van der Waals surface area contributed by atoms with Crippen LogP contribution in [0.3, 0.4) is 0 Å². The smallest absolute Gasteiger partial charge is 0.325 e. The monoisotopic (exact) mass is 141 g/mol. The zero-order valence-electron chi connectivity index (χ0n) is 6.16. The van der Waals surface area contributed by atoms with Gasteiger partial charge in [0.25, 0.3) is 0 Å². The van der Waals surface area contributed by atoms with Crippen LogP contribution in [-0.4, -0.2) is 36.5 Å². The van der Waals surface area contributed by atoms with Gasteiger partial charge in [-0.25, -0.2) is 4.79 Å². The summed E-state index contributed by atoms with van der Waals surface area (Å²) in [6, 6.07) is -0.0556. The number of amides is 2. The van der Waals surface area contributed by atoms with E-state index >= 15 is 0 Å². The van der Waals surface area contributed by atoms with Crippen molar-refractivity contribution in [1.29, 1.82) is 0 Å². The molecule has 10 heavy (non-hydrogen) atoms. The van der Waals surface area contributed by atoms with Crippen LogP contribution in [0.5, 0.6) is 0 Å². The zero-order valence-corrected chi connectivity index (χ0v) is 6.16. The molecule has 0 aliphatic carbocycles. The number of nitrogens with two attached hydrogens (primary N) is 1. The van der Waals surface area contributed by atoms with Gasteiger partial charge in [-0.3, -0.25) is 4.90 Å². The highest BCUT2D eigenvalue weighted by Crippen LogP contribution is 2.05. The van der Waals surface area contributed by atoms with Crippen molar-refractivity contribution in [3.63, 3.8) is 0 Å². The fraction of sp³-hybridized carbons (Fsp3) is 0.500. The molecule has 2 amide bonds. The van der Waals surface area contributed by atoms with Gasteiger partial charge in [0.05, 0.1) is 0 Å². The van der Waals surface area contributed by atoms with Crippen LogP contribution in [0.25, 0.3) is 0 Å². The Labute approximate surface area is 59.9 Å². The van der Waals surface area contributed by atoms with Gasteiger partial charge in [-0.15, -0.1) is 0 Å². The van der Waals surface area contributed by atoms with E-state index in [2.05, 4.69) is 0 Å².